The lowest BCUT2D eigenvalue weighted by Crippen LogP contribution is -2.45. The van der Waals surface area contributed by atoms with E-state index >= 15 is 0 Å². The van der Waals surface area contributed by atoms with E-state index in [1.807, 2.05) is 48.5 Å². The van der Waals surface area contributed by atoms with E-state index < -0.39 is 22.0 Å². The van der Waals surface area contributed by atoms with Gasteiger partial charge < -0.3 is 14.8 Å². The highest BCUT2D eigenvalue weighted by molar-refractivity contribution is 7.99. The molecule has 1 heterocycles. The molecule has 3 aromatic rings. The van der Waals surface area contributed by atoms with E-state index in [9.17, 15) is 13.2 Å². The highest BCUT2D eigenvalue weighted by Gasteiger charge is 2.30. The van der Waals surface area contributed by atoms with Crippen molar-refractivity contribution >= 4 is 39.1 Å². The Morgan fingerprint density at radius 3 is 2.36 bits per heavy atom. The molecular weight excluding hydrogens is 460 g/mol. The van der Waals surface area contributed by atoms with Crippen LogP contribution in [0.4, 0.5) is 11.4 Å². The summed E-state index contributed by atoms with van der Waals surface area (Å²) in [4.78, 5) is 15.1. The Kier molecular flexibility index (Phi) is 6.80. The number of sulfonamides is 1. The lowest BCUT2D eigenvalue weighted by molar-refractivity contribution is -0.116. The zero-order valence-corrected chi connectivity index (χ0v) is 19.9. The fourth-order valence-electron chi connectivity index (χ4n) is 3.49. The van der Waals surface area contributed by atoms with E-state index in [-0.39, 0.29) is 0 Å². The van der Waals surface area contributed by atoms with Crippen molar-refractivity contribution < 1.29 is 22.7 Å². The second kappa shape index (κ2) is 9.76. The Morgan fingerprint density at radius 2 is 1.64 bits per heavy atom. The molecule has 0 saturated carbocycles. The van der Waals surface area contributed by atoms with Gasteiger partial charge >= 0.3 is 0 Å². The molecular formula is C24H24N2O5S2. The molecule has 4 rings (SSSR count). The third-order valence-electron chi connectivity index (χ3n) is 4.98. The standard InChI is InChI=1S/C24H24N2O5S2/c1-17(26(33(2,28)29)18-12-13-21-22(16-18)31-15-14-30-21)24(27)25-20-10-6-7-11-23(20)32-19-8-4-3-5-9-19/h3-13,16-17H,14-15H2,1-2H3,(H,25,27)/t17-/m1/s1. The van der Waals surface area contributed by atoms with E-state index in [1.54, 1.807) is 31.2 Å². The normalized spacial score (nSPS) is 13.8. The quantitative estimate of drug-likeness (QED) is 0.535. The Bertz CT molecular complexity index is 1250. The van der Waals surface area contributed by atoms with E-state index in [1.165, 1.54) is 11.8 Å². The van der Waals surface area contributed by atoms with E-state index in [0.29, 0.717) is 36.1 Å². The molecule has 1 amide bonds. The number of amides is 1. The minimum Gasteiger partial charge on any atom is -0.486 e. The summed E-state index contributed by atoms with van der Waals surface area (Å²) in [5.74, 6) is 0.545. The van der Waals surface area contributed by atoms with Crippen molar-refractivity contribution in [2.45, 2.75) is 22.8 Å². The van der Waals surface area contributed by atoms with Crippen molar-refractivity contribution in [1.82, 2.24) is 0 Å². The minimum atomic E-state index is -3.77. The average molecular weight is 485 g/mol. The summed E-state index contributed by atoms with van der Waals surface area (Å²) < 4.78 is 37.5. The van der Waals surface area contributed by atoms with Crippen LogP contribution in [0, 0.1) is 0 Å². The number of para-hydroxylation sites is 1. The second-order valence-electron chi connectivity index (χ2n) is 7.46. The van der Waals surface area contributed by atoms with Gasteiger partial charge in [0.2, 0.25) is 15.9 Å². The summed E-state index contributed by atoms with van der Waals surface area (Å²) in [5.41, 5.74) is 0.940. The highest BCUT2D eigenvalue weighted by Crippen LogP contribution is 2.36. The number of ether oxygens (including phenoxy) is 2. The fraction of sp³-hybridized carbons (Fsp3) is 0.208. The maximum atomic E-state index is 13.2. The van der Waals surface area contributed by atoms with Crippen molar-refractivity contribution in [3.8, 4) is 11.5 Å². The first-order chi connectivity index (χ1) is 15.8. The summed E-state index contributed by atoms with van der Waals surface area (Å²) in [5, 5.41) is 2.89. The number of rotatable bonds is 7. The van der Waals surface area contributed by atoms with Gasteiger partial charge in [-0.1, -0.05) is 42.1 Å². The molecule has 0 radical (unpaired) electrons. The average Bonchev–Trinajstić information content (AvgIpc) is 2.80. The number of nitrogens with zero attached hydrogens (tertiary/aromatic N) is 1. The second-order valence-corrected chi connectivity index (χ2v) is 10.4. The maximum Gasteiger partial charge on any atom is 0.248 e. The predicted molar refractivity (Wildman–Crippen MR) is 130 cm³/mol. The summed E-state index contributed by atoms with van der Waals surface area (Å²) in [6, 6.07) is 21.1. The smallest absolute Gasteiger partial charge is 0.248 e. The van der Waals surface area contributed by atoms with Crippen LogP contribution in [0.1, 0.15) is 6.92 Å². The van der Waals surface area contributed by atoms with Crippen LogP contribution >= 0.6 is 11.8 Å². The number of carbonyl (C=O) groups is 1. The van der Waals surface area contributed by atoms with Crippen LogP contribution in [0.15, 0.2) is 82.6 Å². The zero-order chi connectivity index (χ0) is 23.4. The van der Waals surface area contributed by atoms with Gasteiger partial charge in [0.1, 0.15) is 19.3 Å². The first-order valence-electron chi connectivity index (χ1n) is 10.3. The van der Waals surface area contributed by atoms with Gasteiger partial charge in [-0.3, -0.25) is 9.10 Å². The number of hydrogen-bond acceptors (Lipinski definition) is 6. The first-order valence-corrected chi connectivity index (χ1v) is 13.0. The number of carbonyl (C=O) groups excluding carboxylic acids is 1. The molecule has 0 aliphatic carbocycles. The van der Waals surface area contributed by atoms with Crippen LogP contribution in [0.5, 0.6) is 11.5 Å². The van der Waals surface area contributed by atoms with Crippen LogP contribution in [-0.2, 0) is 14.8 Å². The van der Waals surface area contributed by atoms with Crippen molar-refractivity contribution in [3.63, 3.8) is 0 Å². The third kappa shape index (κ3) is 5.43. The molecule has 1 aliphatic heterocycles. The number of benzene rings is 3. The molecule has 0 unspecified atom stereocenters. The van der Waals surface area contributed by atoms with Crippen LogP contribution in [0.2, 0.25) is 0 Å². The van der Waals surface area contributed by atoms with Gasteiger partial charge in [0.25, 0.3) is 0 Å². The van der Waals surface area contributed by atoms with Crippen molar-refractivity contribution in [1.29, 1.82) is 0 Å². The number of anilines is 2. The summed E-state index contributed by atoms with van der Waals surface area (Å²) in [6.07, 6.45) is 1.08. The van der Waals surface area contributed by atoms with E-state index in [4.69, 9.17) is 9.47 Å². The van der Waals surface area contributed by atoms with Gasteiger partial charge in [0.15, 0.2) is 11.5 Å². The molecule has 172 valence electrons. The van der Waals surface area contributed by atoms with Crippen LogP contribution < -0.4 is 19.1 Å². The molecule has 1 atom stereocenters. The summed E-state index contributed by atoms with van der Waals surface area (Å²) in [7, 11) is -3.77. The van der Waals surface area contributed by atoms with Gasteiger partial charge in [-0.2, -0.15) is 0 Å². The Labute approximate surface area is 197 Å². The third-order valence-corrected chi connectivity index (χ3v) is 7.31. The minimum absolute atomic E-state index is 0.330. The molecule has 9 heteroatoms. The Morgan fingerprint density at radius 1 is 0.970 bits per heavy atom. The van der Waals surface area contributed by atoms with Gasteiger partial charge in [0.05, 0.1) is 17.6 Å². The zero-order valence-electron chi connectivity index (χ0n) is 18.2. The van der Waals surface area contributed by atoms with Gasteiger partial charge in [0, 0.05) is 15.9 Å². The molecule has 33 heavy (non-hydrogen) atoms. The molecule has 3 aromatic carbocycles. The lowest BCUT2D eigenvalue weighted by Gasteiger charge is -2.29. The van der Waals surface area contributed by atoms with Crippen molar-refractivity contribution in [2.75, 3.05) is 29.1 Å². The number of nitrogens with one attached hydrogen (secondary N) is 1. The predicted octanol–water partition coefficient (Wildman–Crippen LogP) is 4.40. The molecule has 0 saturated heterocycles. The molecule has 1 N–H and O–H groups in total. The molecule has 0 aromatic heterocycles. The van der Waals surface area contributed by atoms with Gasteiger partial charge in [-0.05, 0) is 43.3 Å². The maximum absolute atomic E-state index is 13.2. The monoisotopic (exact) mass is 484 g/mol. The highest BCUT2D eigenvalue weighted by atomic mass is 32.2. The number of fused-ring (bicyclic) bond motifs is 1. The Hall–Kier alpha value is -3.17. The van der Waals surface area contributed by atoms with Crippen LogP contribution in [0.25, 0.3) is 0 Å². The molecule has 1 aliphatic rings. The molecule has 0 spiro atoms. The molecule has 7 nitrogen and oxygen atoms in total. The SMILES string of the molecule is C[C@H](C(=O)Nc1ccccc1Sc1ccccc1)N(c1ccc2c(c1)OCCO2)S(C)(=O)=O. The first kappa shape index (κ1) is 23.0. The van der Waals surface area contributed by atoms with Crippen molar-refractivity contribution in [2.24, 2.45) is 0 Å². The lowest BCUT2D eigenvalue weighted by atomic mass is 10.2. The summed E-state index contributed by atoms with van der Waals surface area (Å²) in [6.45, 7) is 2.36. The molecule has 0 fully saturated rings. The summed E-state index contributed by atoms with van der Waals surface area (Å²) >= 11 is 1.52. The fourth-order valence-corrected chi connectivity index (χ4v) is 5.58. The van der Waals surface area contributed by atoms with Gasteiger partial charge in [-0.15, -0.1) is 0 Å². The topological polar surface area (TPSA) is 84.9 Å². The molecule has 0 bridgehead atoms. The number of hydrogen-bond donors (Lipinski definition) is 1. The Balaban J connectivity index is 1.59. The van der Waals surface area contributed by atoms with Crippen molar-refractivity contribution in [3.05, 3.63) is 72.8 Å². The van der Waals surface area contributed by atoms with E-state index in [2.05, 4.69) is 5.32 Å². The van der Waals surface area contributed by atoms with E-state index in [0.717, 1.165) is 20.4 Å². The van der Waals surface area contributed by atoms with Crippen LogP contribution in [0.3, 0.4) is 0 Å². The van der Waals surface area contributed by atoms with Crippen LogP contribution in [-0.4, -0.2) is 39.8 Å². The van der Waals surface area contributed by atoms with Gasteiger partial charge in [-0.25, -0.2) is 8.42 Å². The largest absolute Gasteiger partial charge is 0.486 e.